The smallest absolute Gasteiger partial charge is 0.323 e. The molecule has 2 aromatic rings. The Bertz CT molecular complexity index is 574. The highest BCUT2D eigenvalue weighted by atomic mass is 16.5. The molecule has 3 N–H and O–H groups in total. The van der Waals surface area contributed by atoms with E-state index in [1.165, 1.54) is 5.56 Å². The Morgan fingerprint density at radius 3 is 2.48 bits per heavy atom. The van der Waals surface area contributed by atoms with Crippen LogP contribution >= 0.6 is 0 Å². The minimum Gasteiger partial charge on any atom is -0.461 e. The highest BCUT2D eigenvalue weighted by Crippen LogP contribution is 2.21. The molecule has 0 fully saturated rings. The third-order valence-corrected chi connectivity index (χ3v) is 2.89. The summed E-state index contributed by atoms with van der Waals surface area (Å²) in [6.45, 7) is 5.92. The number of hydrogen-bond acceptors (Lipinski definition) is 6. The molecule has 6 heteroatoms. The SMILES string of the molecule is CCC(Nc1nc(N)nc(OC(C)C)n1)c1ccccc1. The Morgan fingerprint density at radius 2 is 1.86 bits per heavy atom. The van der Waals surface area contributed by atoms with Gasteiger partial charge in [0.2, 0.25) is 11.9 Å². The van der Waals surface area contributed by atoms with Crippen molar-refractivity contribution >= 4 is 11.9 Å². The molecule has 0 aliphatic rings. The van der Waals surface area contributed by atoms with Gasteiger partial charge in [-0.3, -0.25) is 0 Å². The average molecular weight is 287 g/mol. The van der Waals surface area contributed by atoms with Crippen molar-refractivity contribution in [1.29, 1.82) is 0 Å². The van der Waals surface area contributed by atoms with Gasteiger partial charge in [-0.25, -0.2) is 0 Å². The Hall–Kier alpha value is -2.37. The Labute approximate surface area is 124 Å². The first-order valence-corrected chi connectivity index (χ1v) is 7.08. The van der Waals surface area contributed by atoms with Crippen LogP contribution in [0.15, 0.2) is 30.3 Å². The molecule has 0 spiro atoms. The van der Waals surface area contributed by atoms with Gasteiger partial charge in [0.1, 0.15) is 0 Å². The summed E-state index contributed by atoms with van der Waals surface area (Å²) in [7, 11) is 0. The zero-order chi connectivity index (χ0) is 15.2. The summed E-state index contributed by atoms with van der Waals surface area (Å²) in [5.74, 6) is 0.569. The highest BCUT2D eigenvalue weighted by molar-refractivity contribution is 5.36. The highest BCUT2D eigenvalue weighted by Gasteiger charge is 2.13. The fourth-order valence-electron chi connectivity index (χ4n) is 1.96. The van der Waals surface area contributed by atoms with Crippen LogP contribution in [-0.4, -0.2) is 21.1 Å². The molecule has 1 atom stereocenters. The quantitative estimate of drug-likeness (QED) is 0.849. The summed E-state index contributed by atoms with van der Waals surface area (Å²) < 4.78 is 5.47. The summed E-state index contributed by atoms with van der Waals surface area (Å²) >= 11 is 0. The summed E-state index contributed by atoms with van der Waals surface area (Å²) in [6.07, 6.45) is 0.881. The van der Waals surface area contributed by atoms with E-state index >= 15 is 0 Å². The number of rotatable bonds is 6. The van der Waals surface area contributed by atoms with Gasteiger partial charge in [0.05, 0.1) is 12.1 Å². The minimum absolute atomic E-state index is 0.0178. The number of aromatic nitrogens is 3. The molecule has 0 saturated heterocycles. The van der Waals surface area contributed by atoms with Crippen LogP contribution in [0, 0.1) is 0 Å². The van der Waals surface area contributed by atoms with Gasteiger partial charge in [0.15, 0.2) is 0 Å². The Balaban J connectivity index is 2.19. The number of nitrogen functional groups attached to an aromatic ring is 1. The molecule has 1 heterocycles. The van der Waals surface area contributed by atoms with E-state index in [-0.39, 0.29) is 24.1 Å². The predicted octanol–water partition coefficient (Wildman–Crippen LogP) is 2.80. The lowest BCUT2D eigenvalue weighted by Crippen LogP contribution is -2.15. The zero-order valence-electron chi connectivity index (χ0n) is 12.6. The van der Waals surface area contributed by atoms with Gasteiger partial charge >= 0.3 is 6.01 Å². The van der Waals surface area contributed by atoms with E-state index in [9.17, 15) is 0 Å². The van der Waals surface area contributed by atoms with Crippen molar-refractivity contribution in [3.63, 3.8) is 0 Å². The number of anilines is 2. The Morgan fingerprint density at radius 1 is 1.14 bits per heavy atom. The molecule has 0 amide bonds. The average Bonchev–Trinajstić information content (AvgIpc) is 2.44. The van der Waals surface area contributed by atoms with Gasteiger partial charge < -0.3 is 15.8 Å². The minimum atomic E-state index is -0.0178. The molecule has 0 aliphatic heterocycles. The van der Waals surface area contributed by atoms with Crippen LogP contribution in [0.4, 0.5) is 11.9 Å². The first kappa shape index (κ1) is 15.0. The van der Waals surface area contributed by atoms with Crippen molar-refractivity contribution in [3.8, 4) is 6.01 Å². The number of nitrogens with one attached hydrogen (secondary N) is 1. The van der Waals surface area contributed by atoms with Crippen molar-refractivity contribution in [2.24, 2.45) is 0 Å². The molecule has 0 saturated carbocycles. The zero-order valence-corrected chi connectivity index (χ0v) is 12.6. The van der Waals surface area contributed by atoms with Gasteiger partial charge in [-0.15, -0.1) is 0 Å². The van der Waals surface area contributed by atoms with Gasteiger partial charge in [-0.1, -0.05) is 37.3 Å². The fourth-order valence-corrected chi connectivity index (χ4v) is 1.96. The molecular weight excluding hydrogens is 266 g/mol. The molecule has 1 aromatic carbocycles. The second-order valence-electron chi connectivity index (χ2n) is 4.98. The fraction of sp³-hybridized carbons (Fsp3) is 0.400. The monoisotopic (exact) mass is 287 g/mol. The van der Waals surface area contributed by atoms with E-state index in [1.54, 1.807) is 0 Å². The Kier molecular flexibility index (Phi) is 4.92. The normalized spacial score (nSPS) is 12.2. The van der Waals surface area contributed by atoms with Crippen LogP contribution in [0.2, 0.25) is 0 Å². The number of hydrogen-bond donors (Lipinski definition) is 2. The van der Waals surface area contributed by atoms with Crippen LogP contribution in [0.5, 0.6) is 6.01 Å². The summed E-state index contributed by atoms with van der Waals surface area (Å²) in [6, 6.07) is 10.5. The van der Waals surface area contributed by atoms with Gasteiger partial charge in [-0.05, 0) is 25.8 Å². The van der Waals surface area contributed by atoms with E-state index < -0.39 is 0 Å². The van der Waals surface area contributed by atoms with Crippen molar-refractivity contribution < 1.29 is 4.74 Å². The van der Waals surface area contributed by atoms with E-state index in [2.05, 4.69) is 39.3 Å². The molecule has 0 radical (unpaired) electrons. The number of nitrogens with two attached hydrogens (primary N) is 1. The maximum Gasteiger partial charge on any atom is 0.323 e. The molecule has 21 heavy (non-hydrogen) atoms. The molecule has 1 aromatic heterocycles. The second kappa shape index (κ2) is 6.88. The summed E-state index contributed by atoms with van der Waals surface area (Å²) in [5, 5.41) is 3.28. The van der Waals surface area contributed by atoms with E-state index in [0.29, 0.717) is 5.95 Å². The molecular formula is C15H21N5O. The lowest BCUT2D eigenvalue weighted by atomic mass is 10.1. The largest absolute Gasteiger partial charge is 0.461 e. The first-order valence-electron chi connectivity index (χ1n) is 7.08. The van der Waals surface area contributed by atoms with Crippen molar-refractivity contribution in [2.45, 2.75) is 39.3 Å². The second-order valence-corrected chi connectivity index (χ2v) is 4.98. The van der Waals surface area contributed by atoms with E-state index in [4.69, 9.17) is 10.5 Å². The van der Waals surface area contributed by atoms with Crippen molar-refractivity contribution in [2.75, 3.05) is 11.1 Å². The van der Waals surface area contributed by atoms with E-state index in [1.807, 2.05) is 32.0 Å². The van der Waals surface area contributed by atoms with Crippen LogP contribution in [-0.2, 0) is 0 Å². The number of benzene rings is 1. The third kappa shape index (κ3) is 4.30. The van der Waals surface area contributed by atoms with Crippen LogP contribution in [0.25, 0.3) is 0 Å². The molecule has 112 valence electrons. The first-order chi connectivity index (χ1) is 10.1. The molecule has 2 rings (SSSR count). The predicted molar refractivity (Wildman–Crippen MR) is 83.1 cm³/mol. The molecule has 0 aliphatic carbocycles. The van der Waals surface area contributed by atoms with E-state index in [0.717, 1.165) is 6.42 Å². The van der Waals surface area contributed by atoms with Gasteiger partial charge in [0, 0.05) is 0 Å². The van der Waals surface area contributed by atoms with Crippen molar-refractivity contribution in [3.05, 3.63) is 35.9 Å². The van der Waals surface area contributed by atoms with Crippen LogP contribution in [0.3, 0.4) is 0 Å². The summed E-state index contributed by atoms with van der Waals surface area (Å²) in [4.78, 5) is 12.3. The lowest BCUT2D eigenvalue weighted by Gasteiger charge is -2.18. The van der Waals surface area contributed by atoms with Gasteiger partial charge in [-0.2, -0.15) is 15.0 Å². The number of nitrogens with zero attached hydrogens (tertiary/aromatic N) is 3. The van der Waals surface area contributed by atoms with Crippen LogP contribution < -0.4 is 15.8 Å². The van der Waals surface area contributed by atoms with Crippen LogP contribution in [0.1, 0.15) is 38.8 Å². The molecule has 6 nitrogen and oxygen atoms in total. The molecule has 1 unspecified atom stereocenters. The van der Waals surface area contributed by atoms with Gasteiger partial charge in [0.25, 0.3) is 0 Å². The standard InChI is InChI=1S/C15H21N5O/c1-4-12(11-8-6-5-7-9-11)17-14-18-13(16)19-15(20-14)21-10(2)3/h5-10,12H,4H2,1-3H3,(H3,16,17,18,19,20). The number of ether oxygens (including phenoxy) is 1. The maximum absolute atomic E-state index is 5.71. The maximum atomic E-state index is 5.71. The van der Waals surface area contributed by atoms with Crippen molar-refractivity contribution in [1.82, 2.24) is 15.0 Å². The molecule has 0 bridgehead atoms. The summed E-state index contributed by atoms with van der Waals surface area (Å²) in [5.41, 5.74) is 6.88. The third-order valence-electron chi connectivity index (χ3n) is 2.89. The lowest BCUT2D eigenvalue weighted by molar-refractivity contribution is 0.222. The topological polar surface area (TPSA) is 86.0 Å².